The number of H-pyrrole nitrogens is 1. The SMILES string of the molecule is Cc1cc(C)c(C(N)CO)[nH]1. The van der Waals surface area contributed by atoms with E-state index in [9.17, 15) is 0 Å². The van der Waals surface area contributed by atoms with E-state index in [1.54, 1.807) is 0 Å². The van der Waals surface area contributed by atoms with Gasteiger partial charge in [0, 0.05) is 11.4 Å². The van der Waals surface area contributed by atoms with Crippen LogP contribution in [0.4, 0.5) is 0 Å². The van der Waals surface area contributed by atoms with E-state index in [-0.39, 0.29) is 12.6 Å². The van der Waals surface area contributed by atoms with E-state index in [1.165, 1.54) is 0 Å². The molecule has 0 aromatic carbocycles. The molecule has 3 heteroatoms. The highest BCUT2D eigenvalue weighted by Crippen LogP contribution is 2.14. The number of aromatic amines is 1. The molecule has 0 spiro atoms. The molecule has 1 unspecified atom stereocenters. The van der Waals surface area contributed by atoms with Crippen molar-refractivity contribution < 1.29 is 5.11 Å². The van der Waals surface area contributed by atoms with Gasteiger partial charge in [-0.2, -0.15) is 0 Å². The second-order valence-electron chi connectivity index (χ2n) is 2.84. The predicted octanol–water partition coefficient (Wildman–Crippen LogP) is 0.624. The zero-order chi connectivity index (χ0) is 8.43. The van der Waals surface area contributed by atoms with E-state index in [0.717, 1.165) is 17.0 Å². The molecular formula is C8H14N2O. The van der Waals surface area contributed by atoms with Crippen LogP contribution in [0.15, 0.2) is 6.07 Å². The summed E-state index contributed by atoms with van der Waals surface area (Å²) in [6.45, 7) is 3.94. The molecule has 0 bridgehead atoms. The number of hydrogen-bond acceptors (Lipinski definition) is 2. The quantitative estimate of drug-likeness (QED) is 0.585. The molecule has 1 aromatic heterocycles. The van der Waals surface area contributed by atoms with Crippen LogP contribution < -0.4 is 5.73 Å². The van der Waals surface area contributed by atoms with Gasteiger partial charge in [0.2, 0.25) is 0 Å². The van der Waals surface area contributed by atoms with Crippen molar-refractivity contribution >= 4 is 0 Å². The predicted molar refractivity (Wildman–Crippen MR) is 44.3 cm³/mol. The van der Waals surface area contributed by atoms with E-state index in [4.69, 9.17) is 10.8 Å². The largest absolute Gasteiger partial charge is 0.394 e. The van der Waals surface area contributed by atoms with Crippen LogP contribution in [0.3, 0.4) is 0 Å². The van der Waals surface area contributed by atoms with Crippen LogP contribution >= 0.6 is 0 Å². The molecule has 0 radical (unpaired) electrons. The van der Waals surface area contributed by atoms with Gasteiger partial charge >= 0.3 is 0 Å². The molecule has 0 aliphatic heterocycles. The molecule has 1 atom stereocenters. The maximum Gasteiger partial charge on any atom is 0.0685 e. The van der Waals surface area contributed by atoms with E-state index >= 15 is 0 Å². The molecular weight excluding hydrogens is 140 g/mol. The van der Waals surface area contributed by atoms with Gasteiger partial charge in [-0.15, -0.1) is 0 Å². The monoisotopic (exact) mass is 154 g/mol. The summed E-state index contributed by atoms with van der Waals surface area (Å²) >= 11 is 0. The summed E-state index contributed by atoms with van der Waals surface area (Å²) in [7, 11) is 0. The number of rotatable bonds is 2. The molecule has 0 amide bonds. The van der Waals surface area contributed by atoms with Gasteiger partial charge in [0.25, 0.3) is 0 Å². The average Bonchev–Trinajstić information content (AvgIpc) is 2.28. The second-order valence-corrected chi connectivity index (χ2v) is 2.84. The minimum atomic E-state index is -0.274. The molecule has 0 saturated heterocycles. The highest BCUT2D eigenvalue weighted by Gasteiger charge is 2.08. The topological polar surface area (TPSA) is 62.0 Å². The second kappa shape index (κ2) is 3.07. The molecule has 3 nitrogen and oxygen atoms in total. The van der Waals surface area contributed by atoms with Gasteiger partial charge in [-0.05, 0) is 25.5 Å². The average molecular weight is 154 g/mol. The van der Waals surface area contributed by atoms with Crippen molar-refractivity contribution in [3.63, 3.8) is 0 Å². The number of nitrogens with two attached hydrogens (primary N) is 1. The number of aliphatic hydroxyl groups is 1. The first-order chi connectivity index (χ1) is 5.15. The van der Waals surface area contributed by atoms with Crippen molar-refractivity contribution in [3.05, 3.63) is 23.0 Å². The first-order valence-corrected chi connectivity index (χ1v) is 3.67. The van der Waals surface area contributed by atoms with Crippen molar-refractivity contribution in [1.29, 1.82) is 0 Å². The zero-order valence-electron chi connectivity index (χ0n) is 6.89. The van der Waals surface area contributed by atoms with Crippen molar-refractivity contribution in [2.75, 3.05) is 6.61 Å². The maximum absolute atomic E-state index is 8.78. The van der Waals surface area contributed by atoms with Gasteiger partial charge in [0.05, 0.1) is 12.6 Å². The third-order valence-electron chi connectivity index (χ3n) is 1.76. The Balaban J connectivity index is 2.93. The molecule has 62 valence electrons. The third kappa shape index (κ3) is 1.61. The lowest BCUT2D eigenvalue weighted by molar-refractivity contribution is 0.266. The lowest BCUT2D eigenvalue weighted by Gasteiger charge is -2.06. The van der Waals surface area contributed by atoms with Crippen LogP contribution in [0.1, 0.15) is 23.0 Å². The Morgan fingerprint density at radius 2 is 2.27 bits per heavy atom. The van der Waals surface area contributed by atoms with Crippen molar-refractivity contribution in [2.24, 2.45) is 5.73 Å². The Hall–Kier alpha value is -0.800. The number of nitrogens with one attached hydrogen (secondary N) is 1. The summed E-state index contributed by atoms with van der Waals surface area (Å²) in [5.74, 6) is 0. The zero-order valence-corrected chi connectivity index (χ0v) is 6.89. The van der Waals surface area contributed by atoms with Gasteiger partial charge in [-0.25, -0.2) is 0 Å². The maximum atomic E-state index is 8.78. The third-order valence-corrected chi connectivity index (χ3v) is 1.76. The van der Waals surface area contributed by atoms with Crippen LogP contribution in [0.5, 0.6) is 0 Å². The van der Waals surface area contributed by atoms with E-state index in [1.807, 2.05) is 19.9 Å². The summed E-state index contributed by atoms with van der Waals surface area (Å²) in [4.78, 5) is 3.11. The van der Waals surface area contributed by atoms with Gasteiger partial charge in [-0.3, -0.25) is 0 Å². The Bertz CT molecular complexity index is 242. The van der Waals surface area contributed by atoms with Gasteiger partial charge in [0.1, 0.15) is 0 Å². The van der Waals surface area contributed by atoms with E-state index < -0.39 is 0 Å². The van der Waals surface area contributed by atoms with E-state index in [2.05, 4.69) is 4.98 Å². The lowest BCUT2D eigenvalue weighted by Crippen LogP contribution is -2.15. The molecule has 0 saturated carbocycles. The number of aryl methyl sites for hydroxylation is 2. The summed E-state index contributed by atoms with van der Waals surface area (Å²) < 4.78 is 0. The fraction of sp³-hybridized carbons (Fsp3) is 0.500. The molecule has 4 N–H and O–H groups in total. The number of aromatic nitrogens is 1. The standard InChI is InChI=1S/C8H14N2O/c1-5-3-6(2)10-8(5)7(9)4-11/h3,7,10-11H,4,9H2,1-2H3. The van der Waals surface area contributed by atoms with Crippen molar-refractivity contribution in [3.8, 4) is 0 Å². The lowest BCUT2D eigenvalue weighted by atomic mass is 10.1. The molecule has 1 rings (SSSR count). The highest BCUT2D eigenvalue weighted by atomic mass is 16.3. The smallest absolute Gasteiger partial charge is 0.0685 e. The first kappa shape index (κ1) is 8.30. The normalized spacial score (nSPS) is 13.5. The Kier molecular flexibility index (Phi) is 2.31. The Morgan fingerprint density at radius 1 is 1.64 bits per heavy atom. The molecule has 0 fully saturated rings. The number of aliphatic hydroxyl groups excluding tert-OH is 1. The fourth-order valence-electron chi connectivity index (χ4n) is 1.23. The Morgan fingerprint density at radius 3 is 2.64 bits per heavy atom. The van der Waals surface area contributed by atoms with Crippen LogP contribution in [-0.4, -0.2) is 16.7 Å². The highest BCUT2D eigenvalue weighted by molar-refractivity contribution is 5.26. The van der Waals surface area contributed by atoms with Crippen molar-refractivity contribution in [1.82, 2.24) is 4.98 Å². The molecule has 1 heterocycles. The number of hydrogen-bond donors (Lipinski definition) is 3. The fourth-order valence-corrected chi connectivity index (χ4v) is 1.23. The van der Waals surface area contributed by atoms with Crippen LogP contribution in [0, 0.1) is 13.8 Å². The summed E-state index contributed by atoms with van der Waals surface area (Å²) in [5.41, 5.74) is 8.76. The molecule has 0 aliphatic carbocycles. The molecule has 11 heavy (non-hydrogen) atoms. The van der Waals surface area contributed by atoms with E-state index in [0.29, 0.717) is 0 Å². The van der Waals surface area contributed by atoms with Crippen LogP contribution in [0.2, 0.25) is 0 Å². The summed E-state index contributed by atoms with van der Waals surface area (Å²) in [6, 6.07) is 1.74. The van der Waals surface area contributed by atoms with Crippen LogP contribution in [0.25, 0.3) is 0 Å². The van der Waals surface area contributed by atoms with Gasteiger partial charge < -0.3 is 15.8 Å². The first-order valence-electron chi connectivity index (χ1n) is 3.67. The minimum Gasteiger partial charge on any atom is -0.394 e. The summed E-state index contributed by atoms with van der Waals surface area (Å²) in [6.07, 6.45) is 0. The summed E-state index contributed by atoms with van der Waals surface area (Å²) in [5, 5.41) is 8.78. The molecule has 1 aromatic rings. The minimum absolute atomic E-state index is 0.0131. The molecule has 0 aliphatic rings. The van der Waals surface area contributed by atoms with Gasteiger partial charge in [0.15, 0.2) is 0 Å². The van der Waals surface area contributed by atoms with Crippen LogP contribution in [-0.2, 0) is 0 Å². The van der Waals surface area contributed by atoms with Gasteiger partial charge in [-0.1, -0.05) is 0 Å². The Labute approximate surface area is 66.2 Å². The van der Waals surface area contributed by atoms with Crippen molar-refractivity contribution in [2.45, 2.75) is 19.9 Å².